The predicted octanol–water partition coefficient (Wildman–Crippen LogP) is 27.3. The van der Waals surface area contributed by atoms with E-state index in [9.17, 15) is 0 Å². The highest BCUT2D eigenvalue weighted by molar-refractivity contribution is 7.00. The maximum atomic E-state index is 7.22. The van der Waals surface area contributed by atoms with E-state index in [0.29, 0.717) is 0 Å². The van der Waals surface area contributed by atoms with Crippen molar-refractivity contribution in [1.82, 2.24) is 0 Å². The van der Waals surface area contributed by atoms with Crippen molar-refractivity contribution in [2.75, 3.05) is 19.6 Å². The van der Waals surface area contributed by atoms with E-state index >= 15 is 0 Å². The SMILES string of the molecule is CC(C)(C)c1cc(-c2ccccc2)c(N2c3cc(N4c5ccccc5C(C)(C)c5ccccc54)ccc3B3c4ccc(N5c6ccccc6C(C)(C)c6ccccc65)cc4N(c4c(-c5ccccc5)cc(C(C)(C)C)cc4-c4ccccc4)c4cc(-c5ccc6c(c5)Oc5ccccc5C6(C)C)cc2c43)c(-c2ccccc2)c1. The highest BCUT2D eigenvalue weighted by atomic mass is 16.5. The van der Waals surface area contributed by atoms with E-state index in [1.165, 1.54) is 78.1 Å². The third-order valence-corrected chi connectivity index (χ3v) is 25.3. The minimum atomic E-state index is -0.341. The molecule has 0 aromatic heterocycles. The molecular formula is C107H91BN4O. The van der Waals surface area contributed by atoms with Crippen molar-refractivity contribution >= 4 is 91.3 Å². The van der Waals surface area contributed by atoms with Gasteiger partial charge in [0.05, 0.1) is 34.1 Å². The summed E-state index contributed by atoms with van der Waals surface area (Å²) in [4.78, 5) is 10.6. The van der Waals surface area contributed by atoms with Gasteiger partial charge in [-0.2, -0.15) is 0 Å². The van der Waals surface area contributed by atoms with Gasteiger partial charge in [-0.05, 0) is 191 Å². The molecule has 0 amide bonds. The average Bonchev–Trinajstić information content (AvgIpc) is 0.683. The van der Waals surface area contributed by atoms with Gasteiger partial charge in [-0.1, -0.05) is 320 Å². The van der Waals surface area contributed by atoms with Gasteiger partial charge in [-0.25, -0.2) is 0 Å². The molecular weight excluding hydrogens is 1370 g/mol. The zero-order valence-electron chi connectivity index (χ0n) is 66.5. The highest BCUT2D eigenvalue weighted by Gasteiger charge is 2.48. The number of benzene rings is 15. The first kappa shape index (κ1) is 69.5. The van der Waals surface area contributed by atoms with E-state index in [4.69, 9.17) is 4.74 Å². The number of nitrogens with zero attached hydrogens (tertiary/aromatic N) is 4. The summed E-state index contributed by atoms with van der Waals surface area (Å²) >= 11 is 0. The molecule has 113 heavy (non-hydrogen) atoms. The van der Waals surface area contributed by atoms with Crippen LogP contribution in [0.4, 0.5) is 68.2 Å². The fourth-order valence-corrected chi connectivity index (χ4v) is 19.4. The van der Waals surface area contributed by atoms with Gasteiger partial charge in [0.1, 0.15) is 11.5 Å². The Morgan fingerprint density at radius 2 is 0.566 bits per heavy atom. The number of hydrogen-bond donors (Lipinski definition) is 0. The summed E-state index contributed by atoms with van der Waals surface area (Å²) < 4.78 is 7.22. The predicted molar refractivity (Wildman–Crippen MR) is 477 cm³/mol. The van der Waals surface area contributed by atoms with E-state index in [0.717, 1.165) is 118 Å². The smallest absolute Gasteiger partial charge is 0.252 e. The van der Waals surface area contributed by atoms with E-state index in [1.54, 1.807) is 0 Å². The summed E-state index contributed by atoms with van der Waals surface area (Å²) in [6, 6.07) is 127. The van der Waals surface area contributed by atoms with E-state index in [1.807, 2.05) is 0 Å². The number of hydrogen-bond acceptors (Lipinski definition) is 5. The Bertz CT molecular complexity index is 5810. The summed E-state index contributed by atoms with van der Waals surface area (Å²) in [5.74, 6) is 1.74. The molecule has 0 atom stereocenters. The molecule has 5 heterocycles. The second-order valence-corrected chi connectivity index (χ2v) is 35.2. The average molecular weight is 1460 g/mol. The third-order valence-electron chi connectivity index (χ3n) is 25.3. The lowest BCUT2D eigenvalue weighted by Crippen LogP contribution is -2.61. The molecule has 0 N–H and O–H groups in total. The lowest BCUT2D eigenvalue weighted by molar-refractivity contribution is 0.418. The van der Waals surface area contributed by atoms with E-state index in [-0.39, 0.29) is 33.8 Å². The maximum Gasteiger partial charge on any atom is 0.252 e. The van der Waals surface area contributed by atoms with Crippen LogP contribution in [0.25, 0.3) is 55.6 Å². The largest absolute Gasteiger partial charge is 0.457 e. The molecule has 6 heteroatoms. The van der Waals surface area contributed by atoms with Gasteiger partial charge in [-0.15, -0.1) is 0 Å². The molecule has 0 fully saturated rings. The van der Waals surface area contributed by atoms with Crippen LogP contribution >= 0.6 is 0 Å². The molecule has 0 aliphatic carbocycles. The van der Waals surface area contributed by atoms with Crippen molar-refractivity contribution in [3.05, 3.63) is 378 Å². The van der Waals surface area contributed by atoms with Crippen molar-refractivity contribution in [2.45, 2.75) is 110 Å². The van der Waals surface area contributed by atoms with Crippen LogP contribution < -0.4 is 40.7 Å². The van der Waals surface area contributed by atoms with Crippen LogP contribution in [0.15, 0.2) is 334 Å². The lowest BCUT2D eigenvalue weighted by atomic mass is 9.33. The molecule has 5 aliphatic rings. The Kier molecular flexibility index (Phi) is 15.8. The molecule has 0 unspecified atom stereocenters. The number of fused-ring (bicyclic) bond motifs is 10. The van der Waals surface area contributed by atoms with Gasteiger partial charge in [-0.3, -0.25) is 0 Å². The standard InChI is InChI=1S/C107H91BN4O/c1-103(2,3)74-62-78(68-35-17-13-18-36-68)101(79(63-74)69-37-19-14-20-38-69)111-94-66-76(109-90-48-30-25-43-82(90)105(7,8)83-44-26-31-49-91(83)109)54-57-88(94)108-89-58-55-77(110-92-50-32-27-45-84(92)106(9,10)85-46-28-33-51-93(85)110)67-95(89)112(102-80(70-39-21-15-22-40-70)64-75(104(4,5)6)65-81(102)71-41-23-16-24-42-71)97-60-73(59-96(111)100(97)108)72-53-56-87-99(61-72)113-98-52-34-29-47-86(98)107(87,11)12/h13-67H,1-12H3. The molecule has 0 bridgehead atoms. The van der Waals surface area contributed by atoms with Crippen LogP contribution in [0.1, 0.15) is 128 Å². The van der Waals surface area contributed by atoms with Crippen LogP contribution in [0.2, 0.25) is 0 Å². The van der Waals surface area contributed by atoms with Crippen LogP contribution in [0.3, 0.4) is 0 Å². The number of anilines is 12. The lowest BCUT2D eigenvalue weighted by Gasteiger charge is -2.47. The minimum Gasteiger partial charge on any atom is -0.457 e. The van der Waals surface area contributed by atoms with Gasteiger partial charge in [0.15, 0.2) is 0 Å². The topological polar surface area (TPSA) is 22.2 Å². The maximum absolute atomic E-state index is 7.22. The van der Waals surface area contributed by atoms with Gasteiger partial charge < -0.3 is 24.3 Å². The van der Waals surface area contributed by atoms with Crippen LogP contribution in [0, 0.1) is 0 Å². The molecule has 0 spiro atoms. The summed E-state index contributed by atoms with van der Waals surface area (Å²) in [6.45, 7) is 28.1. The highest BCUT2D eigenvalue weighted by Crippen LogP contribution is 2.60. The Morgan fingerprint density at radius 3 is 0.929 bits per heavy atom. The second kappa shape index (κ2) is 25.7. The molecule has 5 aliphatic heterocycles. The monoisotopic (exact) mass is 1460 g/mol. The first-order valence-corrected chi connectivity index (χ1v) is 40.2. The Labute approximate surface area is 666 Å². The van der Waals surface area contributed by atoms with Crippen LogP contribution in [-0.4, -0.2) is 6.71 Å². The van der Waals surface area contributed by atoms with Gasteiger partial charge in [0, 0.05) is 83.7 Å². The van der Waals surface area contributed by atoms with Crippen LogP contribution in [0.5, 0.6) is 11.5 Å². The molecule has 548 valence electrons. The number of rotatable bonds is 9. The molecule has 0 saturated carbocycles. The molecule has 0 saturated heterocycles. The fourth-order valence-electron chi connectivity index (χ4n) is 19.4. The summed E-state index contributed by atoms with van der Waals surface area (Å²) in [7, 11) is 0. The first-order chi connectivity index (χ1) is 54.6. The van der Waals surface area contributed by atoms with E-state index in [2.05, 4.69) is 436 Å². The second-order valence-electron chi connectivity index (χ2n) is 35.2. The van der Waals surface area contributed by atoms with Crippen molar-refractivity contribution in [3.8, 4) is 67.1 Å². The van der Waals surface area contributed by atoms with Crippen molar-refractivity contribution < 1.29 is 4.74 Å². The zero-order chi connectivity index (χ0) is 77.2. The fraction of sp³-hybridized carbons (Fsp3) is 0.159. The van der Waals surface area contributed by atoms with Crippen molar-refractivity contribution in [1.29, 1.82) is 0 Å². The Hall–Kier alpha value is -12.6. The third kappa shape index (κ3) is 10.9. The number of para-hydroxylation sites is 5. The first-order valence-electron chi connectivity index (χ1n) is 40.2. The normalized spacial score (nSPS) is 14.9. The Balaban J connectivity index is 0.978. The summed E-state index contributed by atoms with van der Waals surface area (Å²) in [5, 5.41) is 0. The molecule has 5 nitrogen and oxygen atoms in total. The number of ether oxygens (including phenoxy) is 1. The van der Waals surface area contributed by atoms with Crippen molar-refractivity contribution in [2.24, 2.45) is 0 Å². The van der Waals surface area contributed by atoms with Gasteiger partial charge >= 0.3 is 0 Å². The van der Waals surface area contributed by atoms with Crippen LogP contribution in [-0.2, 0) is 27.1 Å². The minimum absolute atomic E-state index is 0.234. The summed E-state index contributed by atoms with van der Waals surface area (Å²) in [5.41, 5.74) is 36.8. The molecule has 15 aromatic carbocycles. The zero-order valence-corrected chi connectivity index (χ0v) is 66.5. The van der Waals surface area contributed by atoms with Gasteiger partial charge in [0.2, 0.25) is 0 Å². The van der Waals surface area contributed by atoms with E-state index < -0.39 is 0 Å². The molecule has 20 rings (SSSR count). The summed E-state index contributed by atoms with van der Waals surface area (Å²) in [6.07, 6.45) is 0. The Morgan fingerprint density at radius 1 is 0.248 bits per heavy atom. The quantitative estimate of drug-likeness (QED) is 0.134. The van der Waals surface area contributed by atoms with Gasteiger partial charge in [0.25, 0.3) is 6.71 Å². The molecule has 15 aromatic rings. The van der Waals surface area contributed by atoms with Crippen molar-refractivity contribution in [3.63, 3.8) is 0 Å². The molecule has 0 radical (unpaired) electrons.